The van der Waals surface area contributed by atoms with Gasteiger partial charge in [0.1, 0.15) is 42.7 Å². The van der Waals surface area contributed by atoms with Crippen LogP contribution in [0.5, 0.6) is 0 Å². The SMILES string of the molecule is OC[C@H]1O[C@@H](O[C@H]2[C@H](O)COC(O)[C@@H]2O)[C@H](O)[C@@H](O)[C@H]1O. The van der Waals surface area contributed by atoms with Crippen LogP contribution in [-0.4, -0.2) is 104 Å². The second kappa shape index (κ2) is 6.79. The number of aliphatic hydroxyl groups excluding tert-OH is 7. The third kappa shape index (κ3) is 3.35. The minimum atomic E-state index is -1.66. The second-order valence-corrected chi connectivity index (χ2v) is 5.08. The maximum Gasteiger partial charge on any atom is 0.187 e. The Morgan fingerprint density at radius 1 is 0.905 bits per heavy atom. The van der Waals surface area contributed by atoms with Crippen molar-refractivity contribution in [1.82, 2.24) is 0 Å². The Kier molecular flexibility index (Phi) is 5.48. The average Bonchev–Trinajstić information content (AvgIpc) is 2.47. The first kappa shape index (κ1) is 17.0. The molecule has 21 heavy (non-hydrogen) atoms. The number of aliphatic hydroxyl groups is 7. The summed E-state index contributed by atoms with van der Waals surface area (Å²) in [4.78, 5) is 0. The third-order valence-corrected chi connectivity index (χ3v) is 3.59. The molecule has 0 radical (unpaired) electrons. The van der Waals surface area contributed by atoms with Gasteiger partial charge in [0, 0.05) is 0 Å². The van der Waals surface area contributed by atoms with Gasteiger partial charge in [-0.15, -0.1) is 0 Å². The largest absolute Gasteiger partial charge is 0.394 e. The number of ether oxygens (including phenoxy) is 3. The summed E-state index contributed by atoms with van der Waals surface area (Å²) in [5.74, 6) is 0. The van der Waals surface area contributed by atoms with E-state index in [2.05, 4.69) is 4.74 Å². The first-order valence-electron chi connectivity index (χ1n) is 6.48. The standard InChI is InChI=1S/C11H20O10/c12-1-4-5(14)6(15)7(16)11(20-4)21-9-3(13)2-19-10(18)8(9)17/h3-18H,1-2H2/t3-,4-,5+,6+,7-,8-,9+,10?,11+/m1/s1. The average molecular weight is 312 g/mol. The summed E-state index contributed by atoms with van der Waals surface area (Å²) in [5.41, 5.74) is 0. The van der Waals surface area contributed by atoms with Gasteiger partial charge in [-0.1, -0.05) is 0 Å². The van der Waals surface area contributed by atoms with Crippen molar-refractivity contribution in [3.05, 3.63) is 0 Å². The quantitative estimate of drug-likeness (QED) is 0.268. The molecule has 0 aromatic carbocycles. The molecule has 0 aliphatic carbocycles. The van der Waals surface area contributed by atoms with Crippen molar-refractivity contribution in [1.29, 1.82) is 0 Å². The highest BCUT2D eigenvalue weighted by Crippen LogP contribution is 2.26. The van der Waals surface area contributed by atoms with Crippen molar-refractivity contribution >= 4 is 0 Å². The lowest BCUT2D eigenvalue weighted by molar-refractivity contribution is -0.345. The van der Waals surface area contributed by atoms with Crippen LogP contribution in [0, 0.1) is 0 Å². The number of hydrogen-bond acceptors (Lipinski definition) is 10. The molecule has 0 spiro atoms. The minimum absolute atomic E-state index is 0.305. The molecule has 2 fully saturated rings. The molecule has 2 heterocycles. The van der Waals surface area contributed by atoms with E-state index in [0.29, 0.717) is 0 Å². The summed E-state index contributed by atoms with van der Waals surface area (Å²) in [6, 6.07) is 0. The van der Waals surface area contributed by atoms with E-state index in [1.807, 2.05) is 0 Å². The van der Waals surface area contributed by atoms with Crippen molar-refractivity contribution in [2.75, 3.05) is 13.2 Å². The van der Waals surface area contributed by atoms with E-state index in [9.17, 15) is 30.6 Å². The van der Waals surface area contributed by atoms with Crippen LogP contribution in [0.25, 0.3) is 0 Å². The summed E-state index contributed by atoms with van der Waals surface area (Å²) in [6.45, 7) is -0.938. The Bertz CT molecular complexity index is 339. The van der Waals surface area contributed by atoms with Gasteiger partial charge in [-0.2, -0.15) is 0 Å². The van der Waals surface area contributed by atoms with Crippen LogP contribution >= 0.6 is 0 Å². The van der Waals surface area contributed by atoms with Crippen LogP contribution in [0.4, 0.5) is 0 Å². The molecule has 7 N–H and O–H groups in total. The molecule has 0 aromatic rings. The van der Waals surface area contributed by atoms with Gasteiger partial charge in [0.25, 0.3) is 0 Å². The van der Waals surface area contributed by atoms with Crippen molar-refractivity contribution < 1.29 is 50.0 Å². The van der Waals surface area contributed by atoms with E-state index in [-0.39, 0.29) is 6.61 Å². The van der Waals surface area contributed by atoms with Crippen molar-refractivity contribution in [3.63, 3.8) is 0 Å². The Balaban J connectivity index is 2.06. The molecule has 2 saturated heterocycles. The molecular formula is C11H20O10. The second-order valence-electron chi connectivity index (χ2n) is 5.08. The topological polar surface area (TPSA) is 169 Å². The fraction of sp³-hybridized carbons (Fsp3) is 1.00. The zero-order chi connectivity index (χ0) is 15.7. The van der Waals surface area contributed by atoms with E-state index in [1.54, 1.807) is 0 Å². The monoisotopic (exact) mass is 312 g/mol. The highest BCUT2D eigenvalue weighted by atomic mass is 16.7. The predicted molar refractivity (Wildman–Crippen MR) is 62.6 cm³/mol. The molecule has 0 bridgehead atoms. The van der Waals surface area contributed by atoms with Crippen LogP contribution in [0.15, 0.2) is 0 Å². The van der Waals surface area contributed by atoms with Crippen molar-refractivity contribution in [3.8, 4) is 0 Å². The molecule has 10 nitrogen and oxygen atoms in total. The van der Waals surface area contributed by atoms with Gasteiger partial charge in [0.15, 0.2) is 12.6 Å². The lowest BCUT2D eigenvalue weighted by Crippen LogP contribution is -2.62. The zero-order valence-electron chi connectivity index (χ0n) is 11.0. The molecule has 2 aliphatic heterocycles. The van der Waals surface area contributed by atoms with Crippen LogP contribution in [-0.2, 0) is 14.2 Å². The summed E-state index contributed by atoms with van der Waals surface area (Å²) in [7, 11) is 0. The molecular weight excluding hydrogens is 292 g/mol. The number of hydrogen-bond donors (Lipinski definition) is 7. The summed E-state index contributed by atoms with van der Waals surface area (Å²) in [5, 5.41) is 66.8. The molecule has 2 rings (SSSR count). The first-order chi connectivity index (χ1) is 9.86. The van der Waals surface area contributed by atoms with Gasteiger partial charge >= 0.3 is 0 Å². The molecule has 10 heteroatoms. The summed E-state index contributed by atoms with van der Waals surface area (Å²) in [6.07, 6.45) is -13.3. The van der Waals surface area contributed by atoms with E-state index in [0.717, 1.165) is 0 Å². The van der Waals surface area contributed by atoms with Gasteiger partial charge < -0.3 is 50.0 Å². The van der Waals surface area contributed by atoms with Crippen LogP contribution in [0.2, 0.25) is 0 Å². The fourth-order valence-corrected chi connectivity index (χ4v) is 2.29. The van der Waals surface area contributed by atoms with Gasteiger partial charge in [-0.05, 0) is 0 Å². The smallest absolute Gasteiger partial charge is 0.187 e. The lowest BCUT2D eigenvalue weighted by atomic mass is 9.98. The number of rotatable bonds is 3. The third-order valence-electron chi connectivity index (χ3n) is 3.59. The van der Waals surface area contributed by atoms with E-state index in [4.69, 9.17) is 14.6 Å². The molecule has 2 aliphatic rings. The minimum Gasteiger partial charge on any atom is -0.394 e. The van der Waals surface area contributed by atoms with E-state index < -0.39 is 61.9 Å². The van der Waals surface area contributed by atoms with Crippen molar-refractivity contribution in [2.45, 2.75) is 55.3 Å². The van der Waals surface area contributed by atoms with Crippen LogP contribution in [0.3, 0.4) is 0 Å². The Hall–Kier alpha value is -0.400. The zero-order valence-corrected chi connectivity index (χ0v) is 11.0. The van der Waals surface area contributed by atoms with Crippen molar-refractivity contribution in [2.24, 2.45) is 0 Å². The fourth-order valence-electron chi connectivity index (χ4n) is 2.29. The molecule has 1 unspecified atom stereocenters. The molecule has 0 saturated carbocycles. The highest BCUT2D eigenvalue weighted by Gasteiger charge is 2.48. The maximum absolute atomic E-state index is 9.79. The van der Waals surface area contributed by atoms with Gasteiger partial charge in [0.05, 0.1) is 13.2 Å². The molecule has 9 atom stereocenters. The normalized spacial score (nSPS) is 51.9. The van der Waals surface area contributed by atoms with Gasteiger partial charge in [-0.3, -0.25) is 0 Å². The molecule has 0 aromatic heterocycles. The Morgan fingerprint density at radius 2 is 1.57 bits per heavy atom. The van der Waals surface area contributed by atoms with Crippen LogP contribution < -0.4 is 0 Å². The Labute approximate surface area is 119 Å². The Morgan fingerprint density at radius 3 is 2.19 bits per heavy atom. The van der Waals surface area contributed by atoms with E-state index in [1.165, 1.54) is 0 Å². The summed E-state index contributed by atoms with van der Waals surface area (Å²) >= 11 is 0. The molecule has 0 amide bonds. The maximum atomic E-state index is 9.79. The van der Waals surface area contributed by atoms with Crippen LogP contribution in [0.1, 0.15) is 0 Å². The van der Waals surface area contributed by atoms with Gasteiger partial charge in [-0.25, -0.2) is 0 Å². The first-order valence-corrected chi connectivity index (χ1v) is 6.48. The highest BCUT2D eigenvalue weighted by molar-refractivity contribution is 4.91. The van der Waals surface area contributed by atoms with Gasteiger partial charge in [0.2, 0.25) is 0 Å². The predicted octanol–water partition coefficient (Wildman–Crippen LogP) is -4.76. The summed E-state index contributed by atoms with van der Waals surface area (Å²) < 4.78 is 15.0. The lowest BCUT2D eigenvalue weighted by Gasteiger charge is -2.43. The molecule has 124 valence electrons. The van der Waals surface area contributed by atoms with E-state index >= 15 is 0 Å².